The second kappa shape index (κ2) is 13.8. The molecule has 2 aromatic heterocycles. The third kappa shape index (κ3) is 6.22. The molecule has 0 unspecified atom stereocenters. The fourth-order valence-electron chi connectivity index (χ4n) is 6.13. The molecule has 3 aromatic carbocycles. The van der Waals surface area contributed by atoms with Crippen LogP contribution in [0.5, 0.6) is 5.75 Å². The number of esters is 1. The molecule has 1 atom stereocenters. The molecule has 7 nitrogen and oxygen atoms in total. The summed E-state index contributed by atoms with van der Waals surface area (Å²) in [6.07, 6.45) is 3.24. The maximum atomic E-state index is 14.5. The highest BCUT2D eigenvalue weighted by Gasteiger charge is 2.36. The van der Waals surface area contributed by atoms with Gasteiger partial charge in [0.25, 0.3) is 5.56 Å². The minimum absolute atomic E-state index is 0.194. The van der Waals surface area contributed by atoms with Gasteiger partial charge in [-0.1, -0.05) is 88.1 Å². The van der Waals surface area contributed by atoms with E-state index in [2.05, 4.69) is 32.6 Å². The van der Waals surface area contributed by atoms with Gasteiger partial charge in [-0.15, -0.1) is 0 Å². The van der Waals surface area contributed by atoms with Crippen molar-refractivity contribution in [3.63, 3.8) is 0 Å². The van der Waals surface area contributed by atoms with E-state index in [1.807, 2.05) is 62.4 Å². The number of para-hydroxylation sites is 1. The highest BCUT2D eigenvalue weighted by Crippen LogP contribution is 2.38. The molecule has 1 aliphatic heterocycles. The van der Waals surface area contributed by atoms with Crippen LogP contribution in [0, 0.1) is 6.92 Å². The number of hydrogen-bond acceptors (Lipinski definition) is 6. The normalized spacial score (nSPS) is 14.8. The van der Waals surface area contributed by atoms with Crippen LogP contribution in [-0.4, -0.2) is 28.8 Å². The lowest BCUT2D eigenvalue weighted by atomic mass is 9.93. The van der Waals surface area contributed by atoms with Gasteiger partial charge in [-0.05, 0) is 68.3 Å². The fraction of sp³-hybridized carbons (Fsp3) is 0.250. The SMILES string of the molecule is CCCC1=C(C(=O)OCC)[C@@H](c2cc(Br)ccc2OC)n2c(s/c(=C/c3c(C)n(Cc4ccc(Cl)cc4Cl)c4ccccc34)c2=O)=N1. The van der Waals surface area contributed by atoms with Crippen LogP contribution in [0.25, 0.3) is 17.0 Å². The molecule has 5 aromatic rings. The summed E-state index contributed by atoms with van der Waals surface area (Å²) in [4.78, 5) is 33.6. The molecule has 0 saturated heterocycles. The van der Waals surface area contributed by atoms with Crippen LogP contribution in [0.1, 0.15) is 55.1 Å². The van der Waals surface area contributed by atoms with E-state index < -0.39 is 12.0 Å². The third-order valence-corrected chi connectivity index (χ3v) is 10.3. The summed E-state index contributed by atoms with van der Waals surface area (Å²) in [5.74, 6) is 0.0490. The summed E-state index contributed by atoms with van der Waals surface area (Å²) in [6.45, 7) is 6.56. The summed E-state index contributed by atoms with van der Waals surface area (Å²) in [7, 11) is 1.58. The van der Waals surface area contributed by atoms with Crippen LogP contribution in [0.4, 0.5) is 0 Å². The van der Waals surface area contributed by atoms with Crippen molar-refractivity contribution >= 4 is 73.4 Å². The summed E-state index contributed by atoms with van der Waals surface area (Å²) < 4.78 is 16.4. The average molecular weight is 754 g/mol. The molecule has 0 spiro atoms. The number of ether oxygens (including phenoxy) is 2. The van der Waals surface area contributed by atoms with E-state index >= 15 is 0 Å². The van der Waals surface area contributed by atoms with Crippen molar-refractivity contribution in [3.05, 3.63) is 129 Å². The van der Waals surface area contributed by atoms with Crippen molar-refractivity contribution in [2.75, 3.05) is 13.7 Å². The number of methoxy groups -OCH3 is 1. The molecule has 6 rings (SSSR count). The van der Waals surface area contributed by atoms with E-state index in [4.69, 9.17) is 37.7 Å². The van der Waals surface area contributed by atoms with Gasteiger partial charge in [-0.2, -0.15) is 0 Å². The average Bonchev–Trinajstić information content (AvgIpc) is 3.50. The summed E-state index contributed by atoms with van der Waals surface area (Å²) >= 11 is 17.6. The van der Waals surface area contributed by atoms with E-state index in [-0.39, 0.29) is 12.2 Å². The van der Waals surface area contributed by atoms with E-state index in [1.165, 1.54) is 11.3 Å². The predicted molar refractivity (Wildman–Crippen MR) is 193 cm³/mol. The molecule has 0 amide bonds. The topological polar surface area (TPSA) is 74.8 Å². The van der Waals surface area contributed by atoms with Crippen molar-refractivity contribution in [1.82, 2.24) is 9.13 Å². The van der Waals surface area contributed by atoms with Crippen molar-refractivity contribution in [2.45, 2.75) is 46.2 Å². The zero-order valence-electron chi connectivity index (χ0n) is 26.3. The van der Waals surface area contributed by atoms with Crippen LogP contribution in [0.15, 0.2) is 86.2 Å². The molecule has 242 valence electrons. The van der Waals surface area contributed by atoms with Crippen LogP contribution >= 0.6 is 50.5 Å². The van der Waals surface area contributed by atoms with E-state index in [1.54, 1.807) is 24.7 Å². The minimum atomic E-state index is -0.795. The highest BCUT2D eigenvalue weighted by molar-refractivity contribution is 9.10. The Balaban J connectivity index is 1.60. The van der Waals surface area contributed by atoms with Crippen molar-refractivity contribution < 1.29 is 14.3 Å². The third-order valence-electron chi connectivity index (χ3n) is 8.28. The Kier molecular flexibility index (Phi) is 9.80. The molecule has 0 bridgehead atoms. The number of nitrogens with zero attached hydrogens (tertiary/aromatic N) is 3. The maximum absolute atomic E-state index is 14.5. The van der Waals surface area contributed by atoms with Crippen LogP contribution in [-0.2, 0) is 16.1 Å². The molecular weight excluding hydrogens is 721 g/mol. The first-order chi connectivity index (χ1) is 22.7. The number of rotatable bonds is 9. The first-order valence-corrected chi connectivity index (χ1v) is 17.6. The Morgan fingerprint density at radius 2 is 1.89 bits per heavy atom. The zero-order chi connectivity index (χ0) is 33.4. The largest absolute Gasteiger partial charge is 0.496 e. The first-order valence-electron chi connectivity index (χ1n) is 15.2. The fourth-order valence-corrected chi connectivity index (χ4v) is 7.98. The number of halogens is 3. The van der Waals surface area contributed by atoms with Crippen molar-refractivity contribution in [1.29, 1.82) is 0 Å². The van der Waals surface area contributed by atoms with Gasteiger partial charge in [0.05, 0.1) is 29.5 Å². The van der Waals surface area contributed by atoms with Crippen molar-refractivity contribution in [3.8, 4) is 5.75 Å². The summed E-state index contributed by atoms with van der Waals surface area (Å²) in [5, 5.41) is 2.17. The predicted octanol–water partition coefficient (Wildman–Crippen LogP) is 7.97. The molecule has 3 heterocycles. The number of thiazole rings is 1. The van der Waals surface area contributed by atoms with Gasteiger partial charge < -0.3 is 14.0 Å². The van der Waals surface area contributed by atoms with Crippen molar-refractivity contribution in [2.24, 2.45) is 4.99 Å². The number of hydrogen-bond donors (Lipinski definition) is 0. The lowest BCUT2D eigenvalue weighted by Crippen LogP contribution is -2.40. The van der Waals surface area contributed by atoms with Crippen LogP contribution in [0.2, 0.25) is 10.0 Å². The molecule has 0 fully saturated rings. The summed E-state index contributed by atoms with van der Waals surface area (Å²) in [5.41, 5.74) is 5.21. The Morgan fingerprint density at radius 3 is 2.62 bits per heavy atom. The highest BCUT2D eigenvalue weighted by atomic mass is 79.9. The molecule has 11 heteroatoms. The van der Waals surface area contributed by atoms with E-state index in [9.17, 15) is 9.59 Å². The van der Waals surface area contributed by atoms with Gasteiger partial charge >= 0.3 is 5.97 Å². The van der Waals surface area contributed by atoms with Gasteiger partial charge in [0, 0.05) is 48.8 Å². The van der Waals surface area contributed by atoms with E-state index in [0.717, 1.165) is 38.6 Å². The Hall–Kier alpha value is -3.63. The van der Waals surface area contributed by atoms with Gasteiger partial charge in [0.2, 0.25) is 0 Å². The van der Waals surface area contributed by atoms with Gasteiger partial charge in [-0.3, -0.25) is 9.36 Å². The molecule has 47 heavy (non-hydrogen) atoms. The molecule has 0 radical (unpaired) electrons. The molecule has 0 saturated carbocycles. The van der Waals surface area contributed by atoms with Gasteiger partial charge in [0.1, 0.15) is 11.8 Å². The molecule has 0 aliphatic carbocycles. The van der Waals surface area contributed by atoms with Gasteiger partial charge in [-0.25, -0.2) is 9.79 Å². The van der Waals surface area contributed by atoms with Gasteiger partial charge in [0.15, 0.2) is 4.80 Å². The number of carbonyl (C=O) groups is 1. The number of benzene rings is 3. The Labute approximate surface area is 294 Å². The minimum Gasteiger partial charge on any atom is -0.496 e. The molecule has 0 N–H and O–H groups in total. The number of fused-ring (bicyclic) bond motifs is 2. The molecule has 1 aliphatic rings. The standard InChI is InChI=1S/C36H32BrCl2N3O4S/c1-5-9-28-32(35(44)46-6-2)33(26-16-22(37)13-15-30(26)45-4)42-34(43)31(47-36(42)40-28)18-25-20(3)41(29-11-8-7-10-24(25)29)19-21-12-14-23(38)17-27(21)39/h7-8,10-18,33H,5-6,9,19H2,1-4H3/b31-18+/t33-/m1/s1. The number of aromatic nitrogens is 2. The number of carbonyl (C=O) groups excluding carboxylic acids is 1. The van der Waals surface area contributed by atoms with Crippen LogP contribution in [0.3, 0.4) is 0 Å². The maximum Gasteiger partial charge on any atom is 0.338 e. The smallest absolute Gasteiger partial charge is 0.338 e. The second-order valence-electron chi connectivity index (χ2n) is 11.1. The second-order valence-corrected chi connectivity index (χ2v) is 13.9. The number of allylic oxidation sites excluding steroid dienone is 1. The lowest BCUT2D eigenvalue weighted by molar-refractivity contribution is -0.139. The van der Waals surface area contributed by atoms with Crippen LogP contribution < -0.4 is 19.6 Å². The summed E-state index contributed by atoms with van der Waals surface area (Å²) in [6, 6.07) is 18.4. The Morgan fingerprint density at radius 1 is 1.11 bits per heavy atom. The molecular formula is C36H32BrCl2N3O4S. The Bertz CT molecular complexity index is 2250. The lowest BCUT2D eigenvalue weighted by Gasteiger charge is -2.27. The zero-order valence-corrected chi connectivity index (χ0v) is 30.2. The monoisotopic (exact) mass is 751 g/mol. The first kappa shape index (κ1) is 33.3. The quantitative estimate of drug-likeness (QED) is 0.143. The van der Waals surface area contributed by atoms with E-state index in [0.29, 0.717) is 54.9 Å².